The van der Waals surface area contributed by atoms with Gasteiger partial charge in [-0.15, -0.1) is 0 Å². The Hall–Kier alpha value is -1.71. The average Bonchev–Trinajstić information content (AvgIpc) is 2.35. The number of carbonyl (C=O) groups excluding carboxylic acids is 1. The van der Waals surface area contributed by atoms with E-state index in [-0.39, 0.29) is 5.56 Å². The smallest absolute Gasteiger partial charge is 0.290 e. The van der Waals surface area contributed by atoms with Crippen LogP contribution in [-0.4, -0.2) is 37.7 Å². The number of nitro groups is 1. The molecule has 10 heteroatoms. The van der Waals surface area contributed by atoms with Crippen molar-refractivity contribution in [2.24, 2.45) is 5.14 Å². The van der Waals surface area contributed by atoms with Gasteiger partial charge >= 0.3 is 0 Å². The molecule has 0 bridgehead atoms. The number of amides is 1. The van der Waals surface area contributed by atoms with Gasteiger partial charge in [-0.1, -0.05) is 11.6 Å². The molecule has 0 aromatic heterocycles. The largest absolute Gasteiger partial charge is 0.342 e. The monoisotopic (exact) mass is 321 g/mol. The van der Waals surface area contributed by atoms with Crippen molar-refractivity contribution in [2.75, 3.05) is 13.6 Å². The lowest BCUT2D eigenvalue weighted by molar-refractivity contribution is -0.384. The van der Waals surface area contributed by atoms with E-state index in [2.05, 4.69) is 0 Å². The number of nitrogens with two attached hydrogens (primary N) is 1. The molecule has 1 aromatic carbocycles. The Balaban J connectivity index is 3.61. The maximum Gasteiger partial charge on any atom is 0.290 e. The highest BCUT2D eigenvalue weighted by atomic mass is 35.5. The number of hydrogen-bond donors (Lipinski definition) is 1. The molecule has 0 atom stereocenters. The molecule has 0 saturated carbocycles. The van der Waals surface area contributed by atoms with Crippen molar-refractivity contribution in [3.63, 3.8) is 0 Å². The fraction of sp³-hybridized carbons (Fsp3) is 0.300. The summed E-state index contributed by atoms with van der Waals surface area (Å²) < 4.78 is 22.8. The first-order valence-corrected chi connectivity index (χ1v) is 7.28. The summed E-state index contributed by atoms with van der Waals surface area (Å²) in [5, 5.41) is 15.2. The molecule has 0 heterocycles. The minimum atomic E-state index is -4.29. The van der Waals surface area contributed by atoms with Crippen LogP contribution in [0.5, 0.6) is 0 Å². The van der Waals surface area contributed by atoms with Gasteiger partial charge in [-0.3, -0.25) is 14.9 Å². The van der Waals surface area contributed by atoms with Gasteiger partial charge in [-0.25, -0.2) is 13.6 Å². The van der Waals surface area contributed by atoms with Gasteiger partial charge in [0.25, 0.3) is 11.6 Å². The van der Waals surface area contributed by atoms with Crippen LogP contribution in [0.3, 0.4) is 0 Å². The van der Waals surface area contributed by atoms with E-state index in [1.54, 1.807) is 6.92 Å². The Morgan fingerprint density at radius 1 is 1.50 bits per heavy atom. The van der Waals surface area contributed by atoms with Crippen molar-refractivity contribution < 1.29 is 18.1 Å². The van der Waals surface area contributed by atoms with Crippen LogP contribution < -0.4 is 5.14 Å². The van der Waals surface area contributed by atoms with Crippen LogP contribution in [0.2, 0.25) is 5.02 Å². The predicted octanol–water partition coefficient (Wildman–Crippen LogP) is 0.988. The third-order valence-corrected chi connectivity index (χ3v) is 4.04. The third-order valence-electron chi connectivity index (χ3n) is 2.59. The first-order valence-electron chi connectivity index (χ1n) is 5.35. The Morgan fingerprint density at radius 2 is 2.05 bits per heavy atom. The van der Waals surface area contributed by atoms with Crippen LogP contribution in [0.4, 0.5) is 5.69 Å². The fourth-order valence-electron chi connectivity index (χ4n) is 1.41. The van der Waals surface area contributed by atoms with Gasteiger partial charge in [0.15, 0.2) is 0 Å². The third kappa shape index (κ3) is 3.24. The standard InChI is InChI=1S/C10H12ClN3O5S/c1-3-13(2)10(15)6-4-7(14(16)17)9(11)8(5-6)20(12,18)19/h4-5H,3H2,1-2H3,(H2,12,18,19). The minimum absolute atomic E-state index is 0.172. The van der Waals surface area contributed by atoms with Gasteiger partial charge in [-0.05, 0) is 13.0 Å². The van der Waals surface area contributed by atoms with Crippen molar-refractivity contribution in [3.05, 3.63) is 32.8 Å². The number of carbonyl (C=O) groups is 1. The quantitative estimate of drug-likeness (QED) is 0.654. The highest BCUT2D eigenvalue weighted by Gasteiger charge is 2.26. The number of sulfonamides is 1. The highest BCUT2D eigenvalue weighted by molar-refractivity contribution is 7.89. The Labute approximate surface area is 120 Å². The van der Waals surface area contributed by atoms with E-state index in [4.69, 9.17) is 16.7 Å². The van der Waals surface area contributed by atoms with Gasteiger partial charge in [-0.2, -0.15) is 0 Å². The van der Waals surface area contributed by atoms with Crippen molar-refractivity contribution in [1.29, 1.82) is 0 Å². The summed E-state index contributed by atoms with van der Waals surface area (Å²) in [6.07, 6.45) is 0. The van der Waals surface area contributed by atoms with E-state index in [0.717, 1.165) is 12.1 Å². The molecule has 1 rings (SSSR count). The highest BCUT2D eigenvalue weighted by Crippen LogP contribution is 2.32. The maximum atomic E-state index is 12.0. The van der Waals surface area contributed by atoms with E-state index < -0.39 is 36.5 Å². The Kier molecular flexibility index (Phi) is 4.69. The van der Waals surface area contributed by atoms with Crippen molar-refractivity contribution in [2.45, 2.75) is 11.8 Å². The summed E-state index contributed by atoms with van der Waals surface area (Å²) in [4.78, 5) is 22.6. The van der Waals surface area contributed by atoms with Crippen LogP contribution in [0.25, 0.3) is 0 Å². The van der Waals surface area contributed by atoms with Crippen LogP contribution in [0, 0.1) is 10.1 Å². The molecule has 1 aromatic rings. The second-order valence-electron chi connectivity index (χ2n) is 3.93. The molecule has 0 aliphatic rings. The van der Waals surface area contributed by atoms with Crippen LogP contribution >= 0.6 is 11.6 Å². The minimum Gasteiger partial charge on any atom is -0.342 e. The molecule has 0 saturated heterocycles. The van der Waals surface area contributed by atoms with Gasteiger partial charge in [0.2, 0.25) is 10.0 Å². The maximum absolute atomic E-state index is 12.0. The summed E-state index contributed by atoms with van der Waals surface area (Å²) in [6.45, 7) is 2.04. The van der Waals surface area contributed by atoms with E-state index in [0.29, 0.717) is 6.54 Å². The molecule has 20 heavy (non-hydrogen) atoms. The number of nitrogens with zero attached hydrogens (tertiary/aromatic N) is 2. The lowest BCUT2D eigenvalue weighted by atomic mass is 10.1. The van der Waals surface area contributed by atoms with Crippen molar-refractivity contribution in [3.8, 4) is 0 Å². The van der Waals surface area contributed by atoms with Crippen molar-refractivity contribution >= 4 is 33.2 Å². The van der Waals surface area contributed by atoms with Crippen LogP contribution in [-0.2, 0) is 10.0 Å². The lowest BCUT2D eigenvalue weighted by Gasteiger charge is -2.15. The zero-order valence-corrected chi connectivity index (χ0v) is 12.2. The van der Waals surface area contributed by atoms with Gasteiger partial charge < -0.3 is 4.90 Å². The molecule has 2 N–H and O–H groups in total. The fourth-order valence-corrected chi connectivity index (χ4v) is 2.56. The van der Waals surface area contributed by atoms with E-state index in [1.165, 1.54) is 11.9 Å². The Morgan fingerprint density at radius 3 is 2.45 bits per heavy atom. The topological polar surface area (TPSA) is 124 Å². The Bertz CT molecular complexity index is 674. The number of halogens is 1. The normalized spacial score (nSPS) is 11.2. The lowest BCUT2D eigenvalue weighted by Crippen LogP contribution is -2.26. The molecule has 1 amide bonds. The molecular formula is C10H12ClN3O5S. The molecule has 0 radical (unpaired) electrons. The SMILES string of the molecule is CCN(C)C(=O)c1cc([N+](=O)[O-])c(Cl)c(S(N)(=O)=O)c1. The summed E-state index contributed by atoms with van der Waals surface area (Å²) in [6, 6.07) is 1.85. The van der Waals surface area contributed by atoms with E-state index in [1.807, 2.05) is 0 Å². The van der Waals surface area contributed by atoms with E-state index in [9.17, 15) is 23.3 Å². The molecule has 0 aliphatic carbocycles. The van der Waals surface area contributed by atoms with Gasteiger partial charge in [0, 0.05) is 25.2 Å². The summed E-state index contributed by atoms with van der Waals surface area (Å²) in [7, 11) is -2.81. The molecule has 110 valence electrons. The van der Waals surface area contributed by atoms with Crippen molar-refractivity contribution in [1.82, 2.24) is 4.90 Å². The first-order chi connectivity index (χ1) is 9.09. The molecule has 0 aliphatic heterocycles. The van der Waals surface area contributed by atoms with Gasteiger partial charge in [0.05, 0.1) is 4.92 Å². The predicted molar refractivity (Wildman–Crippen MR) is 72.1 cm³/mol. The second kappa shape index (κ2) is 5.73. The summed E-state index contributed by atoms with van der Waals surface area (Å²) >= 11 is 5.65. The van der Waals surface area contributed by atoms with Crippen LogP contribution in [0.1, 0.15) is 17.3 Å². The number of nitro benzene ring substituents is 1. The molecule has 0 fully saturated rings. The first kappa shape index (κ1) is 16.3. The number of hydrogen-bond acceptors (Lipinski definition) is 5. The number of primary sulfonamides is 1. The van der Waals surface area contributed by atoms with Crippen LogP contribution in [0.15, 0.2) is 17.0 Å². The summed E-state index contributed by atoms with van der Waals surface area (Å²) in [5.41, 5.74) is -0.861. The molecule has 0 unspecified atom stereocenters. The van der Waals surface area contributed by atoms with Gasteiger partial charge in [0.1, 0.15) is 9.92 Å². The zero-order valence-electron chi connectivity index (χ0n) is 10.7. The zero-order chi connectivity index (χ0) is 15.7. The summed E-state index contributed by atoms with van der Waals surface area (Å²) in [5.74, 6) is -0.572. The molecule has 0 spiro atoms. The molecule has 8 nitrogen and oxygen atoms in total. The second-order valence-corrected chi connectivity index (χ2v) is 5.84. The van der Waals surface area contributed by atoms with E-state index >= 15 is 0 Å². The number of rotatable bonds is 4. The average molecular weight is 322 g/mol. The number of benzene rings is 1. The molecular weight excluding hydrogens is 310 g/mol.